The molecule has 0 radical (unpaired) electrons. The predicted molar refractivity (Wildman–Crippen MR) is 84.8 cm³/mol. The van der Waals surface area contributed by atoms with Crippen molar-refractivity contribution in [3.63, 3.8) is 0 Å². The van der Waals surface area contributed by atoms with Crippen LogP contribution in [0.4, 0.5) is 0 Å². The highest BCUT2D eigenvalue weighted by atomic mass is 16.4. The van der Waals surface area contributed by atoms with Crippen molar-refractivity contribution in [3.05, 3.63) is 47.8 Å². The molecule has 0 saturated heterocycles. The average Bonchev–Trinajstić information content (AvgIpc) is 3.01. The van der Waals surface area contributed by atoms with E-state index in [0.29, 0.717) is 5.69 Å². The third-order valence-electron chi connectivity index (χ3n) is 3.47. The highest BCUT2D eigenvalue weighted by molar-refractivity contribution is 6.03. The van der Waals surface area contributed by atoms with E-state index in [4.69, 9.17) is 5.11 Å². The van der Waals surface area contributed by atoms with Crippen LogP contribution in [0, 0.1) is 6.92 Å². The molecule has 0 aliphatic carbocycles. The number of carbonyl (C=O) groups is 2. The number of aromatic nitrogens is 3. The third-order valence-corrected chi connectivity index (χ3v) is 3.47. The maximum Gasteiger partial charge on any atom is 0.322 e. The van der Waals surface area contributed by atoms with Crippen LogP contribution < -0.4 is 5.32 Å². The van der Waals surface area contributed by atoms with Gasteiger partial charge in [-0.2, -0.15) is 5.10 Å². The molecule has 8 heteroatoms. The number of fused-ring (bicyclic) bond motifs is 1. The van der Waals surface area contributed by atoms with E-state index >= 15 is 0 Å². The molecule has 0 saturated carbocycles. The third kappa shape index (κ3) is 2.76. The number of hydrogen-bond donors (Lipinski definition) is 3. The Balaban J connectivity index is 2.13. The van der Waals surface area contributed by atoms with E-state index in [1.54, 1.807) is 0 Å². The van der Waals surface area contributed by atoms with E-state index in [-0.39, 0.29) is 17.0 Å². The summed E-state index contributed by atoms with van der Waals surface area (Å²) in [5, 5.41) is 25.3. The molecule has 122 valence electrons. The Morgan fingerprint density at radius 2 is 2.08 bits per heavy atom. The van der Waals surface area contributed by atoms with Gasteiger partial charge in [-0.05, 0) is 13.0 Å². The van der Waals surface area contributed by atoms with Gasteiger partial charge >= 0.3 is 5.97 Å². The molecule has 3 aromatic rings. The number of aryl methyl sites for hydroxylation is 1. The van der Waals surface area contributed by atoms with Crippen molar-refractivity contribution in [2.24, 2.45) is 0 Å². The largest absolute Gasteiger partial charge is 0.507 e. The van der Waals surface area contributed by atoms with Gasteiger partial charge in [0.1, 0.15) is 24.2 Å². The first-order valence-corrected chi connectivity index (χ1v) is 7.10. The van der Waals surface area contributed by atoms with Gasteiger partial charge in [0.15, 0.2) is 5.65 Å². The Morgan fingerprint density at radius 3 is 2.79 bits per heavy atom. The highest BCUT2D eigenvalue weighted by Gasteiger charge is 2.21. The van der Waals surface area contributed by atoms with Crippen LogP contribution in [0.25, 0.3) is 16.9 Å². The van der Waals surface area contributed by atoms with Crippen molar-refractivity contribution >= 4 is 17.5 Å². The van der Waals surface area contributed by atoms with Gasteiger partial charge in [-0.3, -0.25) is 9.59 Å². The number of nitrogens with one attached hydrogen (secondary N) is 1. The summed E-state index contributed by atoms with van der Waals surface area (Å²) in [7, 11) is 0. The standard InChI is InChI=1S/C16H14N4O4/c1-9-3-2-4-10(5-9)11-6-12(21)14(15-18-8-19-20(11)15)16(24)17-7-13(22)23/h2-6,8,21H,7H2,1H3,(H,17,24)(H,22,23). The van der Waals surface area contributed by atoms with Gasteiger partial charge in [-0.25, -0.2) is 9.50 Å². The monoisotopic (exact) mass is 326 g/mol. The molecule has 1 amide bonds. The number of carboxylic acids is 1. The van der Waals surface area contributed by atoms with Crippen LogP contribution in [-0.4, -0.2) is 43.2 Å². The van der Waals surface area contributed by atoms with E-state index < -0.39 is 18.4 Å². The maximum absolute atomic E-state index is 12.2. The van der Waals surface area contributed by atoms with E-state index in [0.717, 1.165) is 11.1 Å². The van der Waals surface area contributed by atoms with Crippen molar-refractivity contribution in [2.75, 3.05) is 6.54 Å². The molecular weight excluding hydrogens is 312 g/mol. The second-order valence-corrected chi connectivity index (χ2v) is 5.23. The smallest absolute Gasteiger partial charge is 0.322 e. The highest BCUT2D eigenvalue weighted by Crippen LogP contribution is 2.29. The molecule has 1 aromatic carbocycles. The summed E-state index contributed by atoms with van der Waals surface area (Å²) >= 11 is 0. The molecule has 24 heavy (non-hydrogen) atoms. The molecule has 2 aromatic heterocycles. The van der Waals surface area contributed by atoms with Crippen LogP contribution in [0.15, 0.2) is 36.7 Å². The Kier molecular flexibility index (Phi) is 3.87. The lowest BCUT2D eigenvalue weighted by Gasteiger charge is -2.11. The lowest BCUT2D eigenvalue weighted by atomic mass is 10.1. The van der Waals surface area contributed by atoms with Crippen molar-refractivity contribution in [3.8, 4) is 17.0 Å². The molecule has 0 spiro atoms. The summed E-state index contributed by atoms with van der Waals surface area (Å²) < 4.78 is 1.43. The van der Waals surface area contributed by atoms with Gasteiger partial charge in [-0.15, -0.1) is 0 Å². The van der Waals surface area contributed by atoms with Crippen molar-refractivity contribution in [2.45, 2.75) is 6.92 Å². The van der Waals surface area contributed by atoms with E-state index in [2.05, 4.69) is 15.4 Å². The number of aliphatic carboxylic acids is 1. The number of amides is 1. The van der Waals surface area contributed by atoms with Gasteiger partial charge in [0.2, 0.25) is 0 Å². The number of rotatable bonds is 4. The fraction of sp³-hybridized carbons (Fsp3) is 0.125. The first-order valence-electron chi connectivity index (χ1n) is 7.10. The Bertz CT molecular complexity index is 948. The zero-order valence-corrected chi connectivity index (χ0v) is 12.7. The number of nitrogens with zero attached hydrogens (tertiary/aromatic N) is 3. The molecule has 3 rings (SSSR count). The molecule has 0 aliphatic rings. The minimum atomic E-state index is -1.18. The van der Waals surface area contributed by atoms with E-state index in [9.17, 15) is 14.7 Å². The van der Waals surface area contributed by atoms with Crippen molar-refractivity contribution < 1.29 is 19.8 Å². The molecular formula is C16H14N4O4. The van der Waals surface area contributed by atoms with Crippen LogP contribution >= 0.6 is 0 Å². The zero-order valence-electron chi connectivity index (χ0n) is 12.7. The SMILES string of the molecule is Cc1cccc(-c2cc(O)c(C(=O)NCC(=O)O)c3ncnn23)c1. The van der Waals surface area contributed by atoms with E-state index in [1.807, 2.05) is 31.2 Å². The zero-order chi connectivity index (χ0) is 17.3. The predicted octanol–water partition coefficient (Wildman–Crippen LogP) is 1.22. The Labute approximate surface area is 136 Å². The summed E-state index contributed by atoms with van der Waals surface area (Å²) in [6, 6.07) is 8.99. The van der Waals surface area contributed by atoms with Gasteiger partial charge in [0.25, 0.3) is 5.91 Å². The summed E-state index contributed by atoms with van der Waals surface area (Å²) in [5.41, 5.74) is 2.43. The first kappa shape index (κ1) is 15.5. The van der Waals surface area contributed by atoms with Crippen LogP contribution in [0.5, 0.6) is 5.75 Å². The number of carboxylic acid groups (broad SMARTS) is 1. The molecule has 0 aliphatic heterocycles. The lowest BCUT2D eigenvalue weighted by Crippen LogP contribution is -2.29. The topological polar surface area (TPSA) is 117 Å². The van der Waals surface area contributed by atoms with Crippen molar-refractivity contribution in [1.29, 1.82) is 0 Å². The second-order valence-electron chi connectivity index (χ2n) is 5.23. The van der Waals surface area contributed by atoms with Crippen LogP contribution in [0.3, 0.4) is 0 Å². The molecule has 2 heterocycles. The fourth-order valence-corrected chi connectivity index (χ4v) is 2.44. The minimum absolute atomic E-state index is 0.120. The normalized spacial score (nSPS) is 10.7. The first-order chi connectivity index (χ1) is 11.5. The lowest BCUT2D eigenvalue weighted by molar-refractivity contribution is -0.135. The van der Waals surface area contributed by atoms with Crippen molar-refractivity contribution in [1.82, 2.24) is 19.9 Å². The van der Waals surface area contributed by atoms with Crippen LogP contribution in [0.1, 0.15) is 15.9 Å². The van der Waals surface area contributed by atoms with Gasteiger partial charge < -0.3 is 15.5 Å². The maximum atomic E-state index is 12.2. The molecule has 0 bridgehead atoms. The number of pyridine rings is 1. The Hall–Kier alpha value is -3.42. The van der Waals surface area contributed by atoms with Crippen LogP contribution in [-0.2, 0) is 4.79 Å². The second kappa shape index (κ2) is 5.99. The summed E-state index contributed by atoms with van der Waals surface area (Å²) in [6.07, 6.45) is 1.27. The summed E-state index contributed by atoms with van der Waals surface area (Å²) in [6.45, 7) is 1.38. The number of benzene rings is 1. The number of aromatic hydroxyl groups is 1. The molecule has 0 fully saturated rings. The number of carbonyl (C=O) groups excluding carboxylic acids is 1. The summed E-state index contributed by atoms with van der Waals surface area (Å²) in [4.78, 5) is 26.8. The molecule has 0 atom stereocenters. The minimum Gasteiger partial charge on any atom is -0.507 e. The van der Waals surface area contributed by atoms with Crippen LogP contribution in [0.2, 0.25) is 0 Å². The van der Waals surface area contributed by atoms with Gasteiger partial charge in [0, 0.05) is 11.6 Å². The average molecular weight is 326 g/mol. The fourth-order valence-electron chi connectivity index (χ4n) is 2.44. The molecule has 8 nitrogen and oxygen atoms in total. The Morgan fingerprint density at radius 1 is 1.29 bits per heavy atom. The summed E-state index contributed by atoms with van der Waals surface area (Å²) in [5.74, 6) is -2.21. The molecule has 0 unspecified atom stereocenters. The van der Waals surface area contributed by atoms with E-state index in [1.165, 1.54) is 16.9 Å². The van der Waals surface area contributed by atoms with Gasteiger partial charge in [-0.1, -0.05) is 23.8 Å². The number of hydrogen-bond acceptors (Lipinski definition) is 5. The molecule has 3 N–H and O–H groups in total. The quantitative estimate of drug-likeness (QED) is 0.664. The van der Waals surface area contributed by atoms with Gasteiger partial charge in [0.05, 0.1) is 5.69 Å².